The van der Waals surface area contributed by atoms with Crippen LogP contribution in [0.2, 0.25) is 0 Å². The van der Waals surface area contributed by atoms with Gasteiger partial charge in [-0.1, -0.05) is 18.7 Å². The van der Waals surface area contributed by atoms with Crippen molar-refractivity contribution in [2.24, 2.45) is 0 Å². The Balaban J connectivity index is 3.16. The highest BCUT2D eigenvalue weighted by molar-refractivity contribution is 7.98. The summed E-state index contributed by atoms with van der Waals surface area (Å²) in [5, 5.41) is 0. The molecule has 0 radical (unpaired) electrons. The fourth-order valence-electron chi connectivity index (χ4n) is 0.854. The Morgan fingerprint density at radius 1 is 1.55 bits per heavy atom. The van der Waals surface area contributed by atoms with Crippen LogP contribution in [0.25, 0.3) is 6.08 Å². The summed E-state index contributed by atoms with van der Waals surface area (Å²) in [5.41, 5.74) is 0.985. The van der Waals surface area contributed by atoms with Gasteiger partial charge in [-0.25, -0.2) is 4.39 Å². The van der Waals surface area contributed by atoms with Gasteiger partial charge in [-0.05, 0) is 24.0 Å². The smallest absolute Gasteiger partial charge is 0.124 e. The van der Waals surface area contributed by atoms with E-state index in [-0.39, 0.29) is 5.82 Å². The molecule has 0 N–H and O–H groups in total. The average Bonchev–Trinajstić information content (AvgIpc) is 2.04. The lowest BCUT2D eigenvalue weighted by Gasteiger charge is -2.00. The molecular formula is C9H9FS. The van der Waals surface area contributed by atoms with Gasteiger partial charge in [-0.3, -0.25) is 0 Å². The van der Waals surface area contributed by atoms with E-state index in [9.17, 15) is 4.39 Å². The first-order valence-electron chi connectivity index (χ1n) is 3.24. The third kappa shape index (κ3) is 1.84. The molecule has 0 bridgehead atoms. The Morgan fingerprint density at radius 2 is 2.27 bits per heavy atom. The fourth-order valence-corrected chi connectivity index (χ4v) is 1.47. The van der Waals surface area contributed by atoms with Crippen LogP contribution < -0.4 is 0 Å². The van der Waals surface area contributed by atoms with Gasteiger partial charge in [-0.2, -0.15) is 0 Å². The zero-order chi connectivity index (χ0) is 8.27. The van der Waals surface area contributed by atoms with Crippen LogP contribution in [0.5, 0.6) is 0 Å². The van der Waals surface area contributed by atoms with Gasteiger partial charge in [0.25, 0.3) is 0 Å². The number of hydrogen-bond donors (Lipinski definition) is 0. The molecule has 1 aromatic rings. The minimum Gasteiger partial charge on any atom is -0.207 e. The van der Waals surface area contributed by atoms with Gasteiger partial charge in [0.2, 0.25) is 0 Å². The first-order chi connectivity index (χ1) is 5.27. The van der Waals surface area contributed by atoms with Crippen molar-refractivity contribution in [1.82, 2.24) is 0 Å². The maximum absolute atomic E-state index is 12.6. The third-order valence-corrected chi connectivity index (χ3v) is 2.21. The molecule has 0 saturated heterocycles. The van der Waals surface area contributed by atoms with E-state index in [4.69, 9.17) is 0 Å². The van der Waals surface area contributed by atoms with E-state index in [1.807, 2.05) is 6.26 Å². The largest absolute Gasteiger partial charge is 0.207 e. The van der Waals surface area contributed by atoms with Gasteiger partial charge in [0.1, 0.15) is 5.82 Å². The predicted octanol–water partition coefficient (Wildman–Crippen LogP) is 3.19. The summed E-state index contributed by atoms with van der Waals surface area (Å²) in [6.07, 6.45) is 3.65. The van der Waals surface area contributed by atoms with Crippen molar-refractivity contribution < 1.29 is 4.39 Å². The highest BCUT2D eigenvalue weighted by Crippen LogP contribution is 2.21. The summed E-state index contributed by atoms with van der Waals surface area (Å²) in [6, 6.07) is 4.69. The minimum absolute atomic E-state index is 0.194. The van der Waals surface area contributed by atoms with Gasteiger partial charge >= 0.3 is 0 Å². The lowest BCUT2D eigenvalue weighted by Crippen LogP contribution is -1.80. The lowest BCUT2D eigenvalue weighted by molar-refractivity contribution is 0.624. The van der Waals surface area contributed by atoms with E-state index < -0.39 is 0 Å². The van der Waals surface area contributed by atoms with Crippen LogP contribution in [0.4, 0.5) is 4.39 Å². The second kappa shape index (κ2) is 3.58. The monoisotopic (exact) mass is 168 g/mol. The summed E-state index contributed by atoms with van der Waals surface area (Å²) in [7, 11) is 0. The van der Waals surface area contributed by atoms with Gasteiger partial charge in [0.05, 0.1) is 0 Å². The van der Waals surface area contributed by atoms with Crippen molar-refractivity contribution in [3.05, 3.63) is 36.2 Å². The summed E-state index contributed by atoms with van der Waals surface area (Å²) in [5.74, 6) is -0.194. The Labute approximate surface area is 70.1 Å². The Morgan fingerprint density at radius 3 is 2.82 bits per heavy atom. The molecule has 0 amide bonds. The van der Waals surface area contributed by atoms with Crippen LogP contribution in [0.15, 0.2) is 29.7 Å². The van der Waals surface area contributed by atoms with Crippen molar-refractivity contribution in [3.63, 3.8) is 0 Å². The third-order valence-electron chi connectivity index (χ3n) is 1.42. The summed E-state index contributed by atoms with van der Waals surface area (Å²) >= 11 is 1.52. The molecule has 0 aliphatic heterocycles. The molecule has 0 fully saturated rings. The second-order valence-corrected chi connectivity index (χ2v) is 2.94. The average molecular weight is 168 g/mol. The van der Waals surface area contributed by atoms with Gasteiger partial charge in [0, 0.05) is 4.90 Å². The van der Waals surface area contributed by atoms with Gasteiger partial charge in [-0.15, -0.1) is 11.8 Å². The van der Waals surface area contributed by atoms with Crippen LogP contribution >= 0.6 is 11.8 Å². The molecular weight excluding hydrogens is 159 g/mol. The van der Waals surface area contributed by atoms with Crippen molar-refractivity contribution >= 4 is 17.8 Å². The summed E-state index contributed by atoms with van der Waals surface area (Å²) in [6.45, 7) is 3.63. The van der Waals surface area contributed by atoms with Crippen LogP contribution in [0.3, 0.4) is 0 Å². The van der Waals surface area contributed by atoms with Crippen LogP contribution in [-0.4, -0.2) is 6.26 Å². The Bertz CT molecular complexity index is 268. The number of benzene rings is 1. The first kappa shape index (κ1) is 8.34. The van der Waals surface area contributed by atoms with Crippen molar-refractivity contribution in [3.8, 4) is 0 Å². The number of thioether (sulfide) groups is 1. The molecule has 0 aliphatic carbocycles. The second-order valence-electron chi connectivity index (χ2n) is 2.09. The Kier molecular flexibility index (Phi) is 2.71. The first-order valence-corrected chi connectivity index (χ1v) is 4.46. The molecule has 1 rings (SSSR count). The van der Waals surface area contributed by atoms with E-state index in [1.54, 1.807) is 12.1 Å². The van der Waals surface area contributed by atoms with Gasteiger partial charge < -0.3 is 0 Å². The number of halogens is 1. The molecule has 0 saturated carbocycles. The zero-order valence-electron chi connectivity index (χ0n) is 6.30. The molecule has 0 aliphatic rings. The molecule has 0 nitrogen and oxygen atoms in total. The van der Waals surface area contributed by atoms with Gasteiger partial charge in [0.15, 0.2) is 0 Å². The molecule has 0 heterocycles. The van der Waals surface area contributed by atoms with E-state index in [0.717, 1.165) is 10.5 Å². The molecule has 58 valence electrons. The lowest BCUT2D eigenvalue weighted by atomic mass is 10.2. The zero-order valence-corrected chi connectivity index (χ0v) is 7.12. The van der Waals surface area contributed by atoms with E-state index in [2.05, 4.69) is 6.58 Å². The molecule has 0 spiro atoms. The minimum atomic E-state index is -0.194. The van der Waals surface area contributed by atoms with Crippen LogP contribution in [0.1, 0.15) is 5.56 Å². The Hall–Kier alpha value is -0.760. The van der Waals surface area contributed by atoms with E-state index in [0.29, 0.717) is 0 Å². The highest BCUT2D eigenvalue weighted by Gasteiger charge is 1.98. The quantitative estimate of drug-likeness (QED) is 0.611. The van der Waals surface area contributed by atoms with E-state index >= 15 is 0 Å². The summed E-state index contributed by atoms with van der Waals surface area (Å²) in [4.78, 5) is 0.931. The molecule has 0 unspecified atom stereocenters. The van der Waals surface area contributed by atoms with E-state index in [1.165, 1.54) is 23.9 Å². The fraction of sp³-hybridized carbons (Fsp3) is 0.111. The molecule has 0 atom stereocenters. The van der Waals surface area contributed by atoms with Crippen LogP contribution in [0, 0.1) is 5.82 Å². The highest BCUT2D eigenvalue weighted by atomic mass is 32.2. The summed E-state index contributed by atoms with van der Waals surface area (Å²) < 4.78 is 12.6. The van der Waals surface area contributed by atoms with Crippen molar-refractivity contribution in [2.45, 2.75) is 4.90 Å². The van der Waals surface area contributed by atoms with Crippen molar-refractivity contribution in [1.29, 1.82) is 0 Å². The SMILES string of the molecule is C=Cc1ccc(F)cc1SC. The number of hydrogen-bond acceptors (Lipinski definition) is 1. The normalized spacial score (nSPS) is 9.64. The maximum Gasteiger partial charge on any atom is 0.124 e. The molecule has 0 aromatic heterocycles. The standard InChI is InChI=1S/C9H9FS/c1-3-7-4-5-8(10)6-9(7)11-2/h3-6H,1H2,2H3. The maximum atomic E-state index is 12.6. The predicted molar refractivity (Wildman–Crippen MR) is 48.3 cm³/mol. The topological polar surface area (TPSA) is 0 Å². The number of rotatable bonds is 2. The molecule has 1 aromatic carbocycles. The van der Waals surface area contributed by atoms with Crippen LogP contribution in [-0.2, 0) is 0 Å². The molecule has 2 heteroatoms. The molecule has 11 heavy (non-hydrogen) atoms. The van der Waals surface area contributed by atoms with Crippen molar-refractivity contribution in [2.75, 3.05) is 6.26 Å².